The normalized spacial score (nSPS) is 12.1. The van der Waals surface area contributed by atoms with Crippen molar-refractivity contribution >= 4 is 11.8 Å². The van der Waals surface area contributed by atoms with Crippen LogP contribution >= 0.6 is 11.8 Å². The number of hydrogen-bond acceptors (Lipinski definition) is 2. The van der Waals surface area contributed by atoms with Gasteiger partial charge in [0.1, 0.15) is 5.82 Å². The minimum atomic E-state index is -0.187. The summed E-state index contributed by atoms with van der Waals surface area (Å²) in [7, 11) is 0. The molecule has 0 aliphatic carbocycles. The smallest absolute Gasteiger partial charge is 0.123 e. The molecule has 0 bridgehead atoms. The third-order valence-electron chi connectivity index (χ3n) is 2.50. The van der Waals surface area contributed by atoms with E-state index < -0.39 is 0 Å². The zero-order chi connectivity index (χ0) is 12.5. The van der Waals surface area contributed by atoms with E-state index in [0.29, 0.717) is 6.04 Å². The van der Waals surface area contributed by atoms with Gasteiger partial charge in [-0.05, 0) is 24.1 Å². The molecule has 1 unspecified atom stereocenters. The molecule has 17 heavy (non-hydrogen) atoms. The van der Waals surface area contributed by atoms with Gasteiger partial charge in [0.25, 0.3) is 0 Å². The molecule has 1 aromatic rings. The molecule has 1 atom stereocenters. The minimum Gasteiger partial charge on any atom is -0.309 e. The van der Waals surface area contributed by atoms with Crippen LogP contribution in [0, 0.1) is 18.2 Å². The summed E-state index contributed by atoms with van der Waals surface area (Å²) < 4.78 is 12.8. The molecular weight excluding hydrogens is 233 g/mol. The van der Waals surface area contributed by atoms with Crippen LogP contribution in [0.3, 0.4) is 0 Å². The van der Waals surface area contributed by atoms with Crippen LogP contribution in [0.15, 0.2) is 24.3 Å². The van der Waals surface area contributed by atoms with Crippen molar-refractivity contribution in [1.82, 2.24) is 5.32 Å². The van der Waals surface area contributed by atoms with E-state index in [1.165, 1.54) is 12.1 Å². The van der Waals surface area contributed by atoms with Crippen LogP contribution < -0.4 is 5.32 Å². The Labute approximate surface area is 107 Å². The summed E-state index contributed by atoms with van der Waals surface area (Å²) in [6, 6.07) is 6.98. The first-order valence-electron chi connectivity index (χ1n) is 5.78. The number of terminal acetylenes is 1. The number of halogens is 1. The van der Waals surface area contributed by atoms with Crippen LogP contribution in [0.25, 0.3) is 0 Å². The predicted molar refractivity (Wildman–Crippen MR) is 73.6 cm³/mol. The van der Waals surface area contributed by atoms with Crippen LogP contribution in [0.1, 0.15) is 24.9 Å². The van der Waals surface area contributed by atoms with Crippen molar-refractivity contribution in [1.29, 1.82) is 0 Å². The molecule has 0 amide bonds. The first-order chi connectivity index (χ1) is 8.27. The minimum absolute atomic E-state index is 0.187. The highest BCUT2D eigenvalue weighted by atomic mass is 32.2. The van der Waals surface area contributed by atoms with Crippen LogP contribution in [0.4, 0.5) is 4.39 Å². The molecule has 92 valence electrons. The molecule has 0 saturated carbocycles. The first-order valence-corrected chi connectivity index (χ1v) is 6.93. The maximum Gasteiger partial charge on any atom is 0.123 e. The maximum atomic E-state index is 12.8. The second kappa shape index (κ2) is 8.16. The zero-order valence-corrected chi connectivity index (χ0v) is 10.9. The van der Waals surface area contributed by atoms with Crippen LogP contribution in [0.2, 0.25) is 0 Å². The molecule has 0 heterocycles. The van der Waals surface area contributed by atoms with E-state index in [1.807, 2.05) is 12.1 Å². The lowest BCUT2D eigenvalue weighted by atomic mass is 10.0. The fourth-order valence-corrected chi connectivity index (χ4v) is 2.15. The zero-order valence-electron chi connectivity index (χ0n) is 10.1. The standard InChI is InChI=1S/C14H18FNS/c1-3-10-17-11-9-16-14(4-2)12-5-7-13(15)8-6-12/h1,5-8,14,16H,4,9-11H2,2H3. The van der Waals surface area contributed by atoms with E-state index in [1.54, 1.807) is 11.8 Å². The second-order valence-corrected chi connectivity index (χ2v) is 4.83. The highest BCUT2D eigenvalue weighted by Crippen LogP contribution is 2.16. The molecule has 0 aliphatic rings. The first kappa shape index (κ1) is 14.1. The Morgan fingerprint density at radius 3 is 2.71 bits per heavy atom. The molecule has 3 heteroatoms. The average molecular weight is 251 g/mol. The Hall–Kier alpha value is -0.980. The molecule has 0 radical (unpaired) electrons. The van der Waals surface area contributed by atoms with Crippen LogP contribution in [-0.2, 0) is 0 Å². The van der Waals surface area contributed by atoms with Gasteiger partial charge in [0.15, 0.2) is 0 Å². The Bertz CT molecular complexity index is 355. The van der Waals surface area contributed by atoms with Gasteiger partial charge in [-0.3, -0.25) is 0 Å². The number of rotatable bonds is 7. The highest BCUT2D eigenvalue weighted by Gasteiger charge is 2.07. The average Bonchev–Trinajstić information content (AvgIpc) is 2.35. The van der Waals surface area contributed by atoms with E-state index in [9.17, 15) is 4.39 Å². The van der Waals surface area contributed by atoms with Gasteiger partial charge in [-0.2, -0.15) is 0 Å². The van der Waals surface area contributed by atoms with Gasteiger partial charge >= 0.3 is 0 Å². The van der Waals surface area contributed by atoms with E-state index in [4.69, 9.17) is 6.42 Å². The Kier molecular flexibility index (Phi) is 6.76. The summed E-state index contributed by atoms with van der Waals surface area (Å²) >= 11 is 1.74. The number of benzene rings is 1. The van der Waals surface area contributed by atoms with Crippen molar-refractivity contribution in [3.63, 3.8) is 0 Å². The van der Waals surface area contributed by atoms with Crippen molar-refractivity contribution in [3.8, 4) is 12.3 Å². The second-order valence-electron chi connectivity index (χ2n) is 3.72. The fourth-order valence-electron chi connectivity index (χ4n) is 1.63. The maximum absolute atomic E-state index is 12.8. The Morgan fingerprint density at radius 2 is 2.12 bits per heavy atom. The summed E-state index contributed by atoms with van der Waals surface area (Å²) in [5, 5.41) is 3.45. The van der Waals surface area contributed by atoms with E-state index in [2.05, 4.69) is 18.2 Å². The highest BCUT2D eigenvalue weighted by molar-refractivity contribution is 7.99. The van der Waals surface area contributed by atoms with Gasteiger partial charge in [-0.25, -0.2) is 4.39 Å². The van der Waals surface area contributed by atoms with Crippen molar-refractivity contribution in [2.24, 2.45) is 0 Å². The predicted octanol–water partition coefficient (Wildman–Crippen LogP) is 3.23. The largest absolute Gasteiger partial charge is 0.309 e. The van der Waals surface area contributed by atoms with Crippen molar-refractivity contribution in [2.75, 3.05) is 18.1 Å². The quantitative estimate of drug-likeness (QED) is 0.590. The van der Waals surface area contributed by atoms with E-state index in [-0.39, 0.29) is 5.82 Å². The molecule has 1 rings (SSSR count). The fraction of sp³-hybridized carbons (Fsp3) is 0.429. The third kappa shape index (κ3) is 5.25. The summed E-state index contributed by atoms with van der Waals surface area (Å²) in [6.45, 7) is 3.04. The van der Waals surface area contributed by atoms with Gasteiger partial charge in [0, 0.05) is 18.3 Å². The van der Waals surface area contributed by atoms with Crippen molar-refractivity contribution < 1.29 is 4.39 Å². The summed E-state index contributed by atoms with van der Waals surface area (Å²) in [6.07, 6.45) is 6.17. The summed E-state index contributed by atoms with van der Waals surface area (Å²) in [5.41, 5.74) is 1.14. The lowest BCUT2D eigenvalue weighted by Crippen LogP contribution is -2.23. The number of nitrogens with one attached hydrogen (secondary N) is 1. The molecule has 1 aromatic carbocycles. The molecule has 1 N–H and O–H groups in total. The molecule has 0 aromatic heterocycles. The summed E-state index contributed by atoms with van der Waals surface area (Å²) in [5.74, 6) is 4.18. The van der Waals surface area contributed by atoms with E-state index >= 15 is 0 Å². The molecule has 0 aliphatic heterocycles. The Morgan fingerprint density at radius 1 is 1.41 bits per heavy atom. The van der Waals surface area contributed by atoms with Crippen molar-refractivity contribution in [2.45, 2.75) is 19.4 Å². The lowest BCUT2D eigenvalue weighted by Gasteiger charge is -2.17. The Balaban J connectivity index is 2.38. The topological polar surface area (TPSA) is 12.0 Å². The third-order valence-corrected chi connectivity index (χ3v) is 3.37. The number of hydrogen-bond donors (Lipinski definition) is 1. The molecule has 0 saturated heterocycles. The van der Waals surface area contributed by atoms with Gasteiger partial charge in [0.2, 0.25) is 0 Å². The van der Waals surface area contributed by atoms with Gasteiger partial charge in [-0.15, -0.1) is 18.2 Å². The SMILES string of the molecule is C#CCSCCNC(CC)c1ccc(F)cc1. The molecular formula is C14H18FNS. The lowest BCUT2D eigenvalue weighted by molar-refractivity contribution is 0.537. The van der Waals surface area contributed by atoms with E-state index in [0.717, 1.165) is 30.0 Å². The van der Waals surface area contributed by atoms with Crippen molar-refractivity contribution in [3.05, 3.63) is 35.6 Å². The van der Waals surface area contributed by atoms with Gasteiger partial charge in [-0.1, -0.05) is 25.0 Å². The van der Waals surface area contributed by atoms with Gasteiger partial charge < -0.3 is 5.32 Å². The number of thioether (sulfide) groups is 1. The molecule has 1 nitrogen and oxygen atoms in total. The molecule has 0 fully saturated rings. The molecule has 0 spiro atoms. The van der Waals surface area contributed by atoms with Crippen LogP contribution in [-0.4, -0.2) is 18.1 Å². The van der Waals surface area contributed by atoms with Gasteiger partial charge in [0.05, 0.1) is 5.75 Å². The summed E-state index contributed by atoms with van der Waals surface area (Å²) in [4.78, 5) is 0. The monoisotopic (exact) mass is 251 g/mol. The van der Waals surface area contributed by atoms with Crippen LogP contribution in [0.5, 0.6) is 0 Å².